The van der Waals surface area contributed by atoms with E-state index in [1.54, 1.807) is 0 Å². The summed E-state index contributed by atoms with van der Waals surface area (Å²) in [4.78, 5) is 37.3. The quantitative estimate of drug-likeness (QED) is 0.0542. The number of ketones is 1. The number of nitrogens with one attached hydrogen (secondary N) is 1. The van der Waals surface area contributed by atoms with Crippen LogP contribution in [0, 0.1) is 5.92 Å². The summed E-state index contributed by atoms with van der Waals surface area (Å²) in [6, 6.07) is 71.7. The fraction of sp³-hybridized carbons (Fsp3) is 0.290. The molecule has 71 heavy (non-hydrogen) atoms. The van der Waals surface area contributed by atoms with Crippen LogP contribution in [0.25, 0.3) is 0 Å². The first-order chi connectivity index (χ1) is 34.8. The monoisotopic (exact) mass is 1020 g/mol. The van der Waals surface area contributed by atoms with E-state index in [0.717, 1.165) is 56.6 Å². The number of nitrogens with zero attached hydrogens (tertiary/aromatic N) is 2. The van der Waals surface area contributed by atoms with E-state index in [0.29, 0.717) is 47.1 Å². The number of piperidine rings is 1. The Morgan fingerprint density at radius 3 is 1.66 bits per heavy atom. The van der Waals surface area contributed by atoms with E-state index in [1.165, 1.54) is 31.4 Å². The van der Waals surface area contributed by atoms with E-state index in [2.05, 4.69) is 203 Å². The fourth-order valence-electron chi connectivity index (χ4n) is 11.6. The van der Waals surface area contributed by atoms with Gasteiger partial charge in [0.25, 0.3) is 0 Å². The van der Waals surface area contributed by atoms with Crippen molar-refractivity contribution in [2.24, 2.45) is 5.92 Å². The number of hydrogen-bond acceptors (Lipinski definition) is 5. The second-order valence-electron chi connectivity index (χ2n) is 18.9. The van der Waals surface area contributed by atoms with Gasteiger partial charge in [0, 0.05) is 49.0 Å². The molecule has 0 spiro atoms. The van der Waals surface area contributed by atoms with Crippen LogP contribution < -0.4 is 5.32 Å². The largest absolute Gasteiger partial charge is 0.354 e. The zero-order chi connectivity index (χ0) is 49.0. The minimum atomic E-state index is -1.73. The molecular formula is C62H65Cl2N3O2S2. The fourth-order valence-corrected chi connectivity index (χ4v) is 17.2. The van der Waals surface area contributed by atoms with Gasteiger partial charge in [-0.1, -0.05) is 182 Å². The Kier molecular flexibility index (Phi) is 17.2. The Labute approximate surface area is 437 Å². The molecule has 2 aliphatic rings. The summed E-state index contributed by atoms with van der Waals surface area (Å²) in [6.07, 6.45) is 4.42. The molecule has 2 heterocycles. The Balaban J connectivity index is 0.960. The Morgan fingerprint density at radius 2 is 1.17 bits per heavy atom. The molecule has 2 unspecified atom stereocenters. The molecule has 0 aliphatic carbocycles. The lowest BCUT2D eigenvalue weighted by Gasteiger charge is -2.45. The Morgan fingerprint density at radius 1 is 0.662 bits per heavy atom. The SMILES string of the molecule is CCC(=O)[C@@H]1C2CCC(C[C@H]1c1ccc(Cl)c(Cl)c1)N2CCCN(CCS(c1ccccc1)(c1ccccc1)c1ccccc1)CC(=O)NCCSC(c1ccccc1)(c1ccccc1)c1ccccc1. The third-order valence-corrected chi connectivity index (χ3v) is 21.2. The molecule has 5 nitrogen and oxygen atoms in total. The van der Waals surface area contributed by atoms with Crippen LogP contribution in [0.3, 0.4) is 0 Å². The van der Waals surface area contributed by atoms with Crippen LogP contribution in [-0.4, -0.2) is 77.8 Å². The van der Waals surface area contributed by atoms with Crippen molar-refractivity contribution in [2.45, 2.75) is 76.5 Å². The minimum absolute atomic E-state index is 0.0335. The number of thioether (sulfide) groups is 1. The first-order valence-electron chi connectivity index (χ1n) is 25.3. The molecule has 366 valence electrons. The lowest BCUT2D eigenvalue weighted by atomic mass is 9.73. The van der Waals surface area contributed by atoms with Crippen LogP contribution in [0.15, 0.2) is 215 Å². The second kappa shape index (κ2) is 24.1. The Bertz CT molecular complexity index is 2600. The molecule has 2 bridgehead atoms. The molecule has 0 radical (unpaired) electrons. The third kappa shape index (κ3) is 11.3. The van der Waals surface area contributed by atoms with Crippen molar-refractivity contribution in [3.8, 4) is 0 Å². The maximum absolute atomic E-state index is 14.4. The molecule has 1 amide bonds. The number of amides is 1. The number of hydrogen-bond donors (Lipinski definition) is 1. The van der Waals surface area contributed by atoms with Crippen LogP contribution in [0.2, 0.25) is 10.0 Å². The predicted octanol–water partition coefficient (Wildman–Crippen LogP) is 14.4. The number of benzene rings is 7. The van der Waals surface area contributed by atoms with E-state index < -0.39 is 14.8 Å². The average Bonchev–Trinajstić information content (AvgIpc) is 3.70. The van der Waals surface area contributed by atoms with Gasteiger partial charge in [0.2, 0.25) is 5.91 Å². The van der Waals surface area contributed by atoms with Crippen LogP contribution in [0.1, 0.15) is 67.2 Å². The highest BCUT2D eigenvalue weighted by molar-refractivity contribution is 8.33. The standard InChI is InChI=1S/C62H65Cl2N3O2S2/c1-2-59(68)61-55(47-34-36-56(63)57(64)44-47)45-51-35-37-58(61)67(51)40-21-39-66(41-43-71(52-28-15-6-16-29-52,53-30-17-7-18-31-53)54-32-19-8-20-33-54)46-60(69)65-38-42-70-62(48-22-9-3-10-23-48,49-24-11-4-12-25-49)50-26-13-5-14-27-50/h3-20,22-34,36,44,51,55,58,61H,2,21,35,37-43,45-46H2,1H3,(H,65,69)/t51?,55-,58?,61-/m0/s1. The number of rotatable bonds is 22. The molecule has 4 atom stereocenters. The lowest BCUT2D eigenvalue weighted by molar-refractivity contribution is -0.127. The summed E-state index contributed by atoms with van der Waals surface area (Å²) in [7, 11) is -1.73. The average molecular weight is 1020 g/mol. The number of Topliss-reactive ketones (excluding diaryl/α,β-unsaturated/α-hetero) is 1. The maximum atomic E-state index is 14.4. The van der Waals surface area contributed by atoms with Gasteiger partial charge in [-0.25, -0.2) is 0 Å². The van der Waals surface area contributed by atoms with Gasteiger partial charge in [0.05, 0.1) is 21.3 Å². The molecule has 2 fully saturated rings. The van der Waals surface area contributed by atoms with Crippen molar-refractivity contribution in [1.82, 2.24) is 15.1 Å². The molecule has 7 aromatic rings. The van der Waals surface area contributed by atoms with Crippen LogP contribution in [0.5, 0.6) is 0 Å². The van der Waals surface area contributed by atoms with Gasteiger partial charge < -0.3 is 5.32 Å². The predicted molar refractivity (Wildman–Crippen MR) is 298 cm³/mol. The number of halogens is 2. The van der Waals surface area contributed by atoms with E-state index in [1.807, 2.05) is 30.8 Å². The van der Waals surface area contributed by atoms with Gasteiger partial charge in [-0.15, -0.1) is 11.8 Å². The maximum Gasteiger partial charge on any atom is 0.234 e. The van der Waals surface area contributed by atoms with Crippen LogP contribution >= 0.6 is 45.0 Å². The smallest absolute Gasteiger partial charge is 0.234 e. The van der Waals surface area contributed by atoms with Crippen molar-refractivity contribution in [3.05, 3.63) is 232 Å². The first-order valence-corrected chi connectivity index (χ1v) is 28.9. The summed E-state index contributed by atoms with van der Waals surface area (Å²) in [5, 5.41) is 4.47. The molecule has 2 aliphatic heterocycles. The second-order valence-corrected chi connectivity index (χ2v) is 24.3. The van der Waals surface area contributed by atoms with Gasteiger partial charge in [0.15, 0.2) is 0 Å². The normalized spacial score (nSPS) is 18.3. The van der Waals surface area contributed by atoms with E-state index in [9.17, 15) is 9.59 Å². The zero-order valence-corrected chi connectivity index (χ0v) is 43.8. The lowest BCUT2D eigenvalue weighted by Crippen LogP contribution is -2.51. The van der Waals surface area contributed by atoms with Gasteiger partial charge in [-0.3, -0.25) is 19.4 Å². The van der Waals surface area contributed by atoms with Crippen molar-refractivity contribution in [1.29, 1.82) is 0 Å². The number of fused-ring (bicyclic) bond motifs is 2. The van der Waals surface area contributed by atoms with Crippen LogP contribution in [-0.2, 0) is 14.3 Å². The summed E-state index contributed by atoms with van der Waals surface area (Å²) in [6.45, 7) is 5.19. The van der Waals surface area contributed by atoms with Crippen molar-refractivity contribution in [3.63, 3.8) is 0 Å². The molecule has 0 saturated carbocycles. The molecule has 1 N–H and O–H groups in total. The van der Waals surface area contributed by atoms with Crippen molar-refractivity contribution in [2.75, 3.05) is 44.2 Å². The Hall–Kier alpha value is -5.12. The summed E-state index contributed by atoms with van der Waals surface area (Å²) < 4.78 is -0.463. The summed E-state index contributed by atoms with van der Waals surface area (Å²) >= 11 is 14.8. The molecule has 9 heteroatoms. The summed E-state index contributed by atoms with van der Waals surface area (Å²) in [5.74, 6) is 1.95. The molecule has 7 aromatic carbocycles. The minimum Gasteiger partial charge on any atom is -0.354 e. The van der Waals surface area contributed by atoms with E-state index >= 15 is 0 Å². The highest BCUT2D eigenvalue weighted by Gasteiger charge is 2.49. The van der Waals surface area contributed by atoms with Crippen LogP contribution in [0.4, 0.5) is 0 Å². The van der Waals surface area contributed by atoms with E-state index in [4.69, 9.17) is 23.2 Å². The van der Waals surface area contributed by atoms with Crippen molar-refractivity contribution < 1.29 is 9.59 Å². The highest BCUT2D eigenvalue weighted by atomic mass is 35.5. The summed E-state index contributed by atoms with van der Waals surface area (Å²) in [5.41, 5.74) is 4.74. The first kappa shape index (κ1) is 50.8. The molecule has 0 aromatic heterocycles. The van der Waals surface area contributed by atoms with E-state index in [-0.39, 0.29) is 23.8 Å². The van der Waals surface area contributed by atoms with Gasteiger partial charge in [-0.05, 0) is 130 Å². The van der Waals surface area contributed by atoms with Gasteiger partial charge in [-0.2, -0.15) is 10.0 Å². The topological polar surface area (TPSA) is 52.7 Å². The highest BCUT2D eigenvalue weighted by Crippen LogP contribution is 2.68. The number of carbonyl (C=O) groups is 2. The molecule has 2 saturated heterocycles. The van der Waals surface area contributed by atoms with Gasteiger partial charge >= 0.3 is 0 Å². The third-order valence-electron chi connectivity index (χ3n) is 14.8. The molecular weight excluding hydrogens is 954 g/mol. The van der Waals surface area contributed by atoms with Crippen molar-refractivity contribution >= 4 is 56.7 Å². The van der Waals surface area contributed by atoms with Gasteiger partial charge in [0.1, 0.15) is 5.78 Å². The molecule has 9 rings (SSSR count). The number of carbonyl (C=O) groups excluding carboxylic acids is 2. The zero-order valence-electron chi connectivity index (χ0n) is 40.6.